The van der Waals surface area contributed by atoms with Crippen molar-refractivity contribution >= 4 is 15.5 Å². The van der Waals surface area contributed by atoms with Crippen LogP contribution in [-0.4, -0.2) is 47.8 Å². The first kappa shape index (κ1) is 19.8. The molecule has 1 heterocycles. The summed E-state index contributed by atoms with van der Waals surface area (Å²) in [6.07, 6.45) is -0.609. The molecule has 1 unspecified atom stereocenters. The number of benzene rings is 1. The van der Waals surface area contributed by atoms with Gasteiger partial charge in [-0.05, 0) is 31.0 Å². The Morgan fingerprint density at radius 2 is 2.20 bits per heavy atom. The minimum atomic E-state index is -3.74. The van der Waals surface area contributed by atoms with Gasteiger partial charge in [-0.15, -0.1) is 0 Å². The fourth-order valence-electron chi connectivity index (χ4n) is 2.76. The molecule has 3 N–H and O–H groups in total. The lowest BCUT2D eigenvalue weighted by Crippen LogP contribution is -2.54. The van der Waals surface area contributed by atoms with Crippen LogP contribution in [0.15, 0.2) is 23.4 Å². The van der Waals surface area contributed by atoms with Gasteiger partial charge in [0.25, 0.3) is 0 Å². The predicted octanol–water partition coefficient (Wildman–Crippen LogP) is 1.37. The average Bonchev–Trinajstić information content (AvgIpc) is 3.00. The highest BCUT2D eigenvalue weighted by atomic mass is 32.2. The fraction of sp³-hybridized carbons (Fsp3) is 0.562. The zero-order valence-corrected chi connectivity index (χ0v) is 15.2. The third-order valence-corrected chi connectivity index (χ3v) is 6.75. The maximum absolute atomic E-state index is 14.2. The smallest absolute Gasteiger partial charge is 0.156 e. The first-order valence-electron chi connectivity index (χ1n) is 7.91. The summed E-state index contributed by atoms with van der Waals surface area (Å²) in [4.78, 5) is 5.25. The molecule has 0 aliphatic carbocycles. The van der Waals surface area contributed by atoms with E-state index in [1.807, 2.05) is 6.92 Å². The number of hydroxylamine groups is 1. The summed E-state index contributed by atoms with van der Waals surface area (Å²) in [5, 5.41) is 22.7. The third kappa shape index (κ3) is 4.00. The first-order chi connectivity index (χ1) is 11.6. The minimum absolute atomic E-state index is 0.123. The molecule has 0 radical (unpaired) electrons. The lowest BCUT2D eigenvalue weighted by atomic mass is 9.95. The van der Waals surface area contributed by atoms with Crippen LogP contribution in [0.25, 0.3) is 0 Å². The van der Waals surface area contributed by atoms with Crippen LogP contribution in [0.5, 0.6) is 0 Å². The van der Waals surface area contributed by atoms with Gasteiger partial charge in [0, 0.05) is 24.7 Å². The van der Waals surface area contributed by atoms with Gasteiger partial charge in [0.05, 0.1) is 5.71 Å². The summed E-state index contributed by atoms with van der Waals surface area (Å²) < 4.78 is 36.6. The van der Waals surface area contributed by atoms with Gasteiger partial charge in [0.2, 0.25) is 0 Å². The van der Waals surface area contributed by atoms with Gasteiger partial charge >= 0.3 is 0 Å². The Labute approximate surface area is 146 Å². The fourth-order valence-corrected chi connectivity index (χ4v) is 3.71. The molecule has 0 spiro atoms. The van der Waals surface area contributed by atoms with E-state index in [-0.39, 0.29) is 12.8 Å². The Kier molecular flexibility index (Phi) is 5.82. The molecule has 7 nitrogen and oxygen atoms in total. The van der Waals surface area contributed by atoms with Gasteiger partial charge < -0.3 is 15.2 Å². The van der Waals surface area contributed by atoms with Crippen LogP contribution in [0, 0.1) is 5.82 Å². The van der Waals surface area contributed by atoms with E-state index in [2.05, 4.69) is 5.16 Å². The molecule has 0 bridgehead atoms. The minimum Gasteiger partial charge on any atom is -0.392 e. The topological polar surface area (TPSA) is 108 Å². The highest BCUT2D eigenvalue weighted by Gasteiger charge is 2.46. The van der Waals surface area contributed by atoms with Crippen molar-refractivity contribution in [1.29, 1.82) is 0 Å². The Balaban J connectivity index is 2.16. The molecular weight excluding hydrogens is 351 g/mol. The maximum atomic E-state index is 14.2. The summed E-state index contributed by atoms with van der Waals surface area (Å²) in [6, 6.07) is 4.86. The number of hydrogen-bond acceptors (Lipinski definition) is 7. The molecule has 0 aromatic heterocycles. The normalized spacial score (nSPS) is 21.4. The summed E-state index contributed by atoms with van der Waals surface area (Å²) in [7, 11) is -3.74. The predicted molar refractivity (Wildman–Crippen MR) is 90.6 cm³/mol. The van der Waals surface area contributed by atoms with Gasteiger partial charge in [-0.1, -0.05) is 18.1 Å². The van der Waals surface area contributed by atoms with E-state index >= 15 is 0 Å². The Hall–Kier alpha value is -1.55. The Morgan fingerprint density at radius 1 is 1.52 bits per heavy atom. The standard InChI is InChI=1S/C16H23FN2O5S/c1-4-10-5-6-12(13(17)7-10)14-8-11(24-19-14)9-16(2,15(20)18-21)25(3,22)23/h5-7,11,15,18,20-21H,4,8-9H2,1-3H3/t11-,15?,16-/m1/s1. The van der Waals surface area contributed by atoms with Gasteiger partial charge in [0.1, 0.15) is 22.9 Å². The number of rotatable bonds is 7. The Bertz CT molecular complexity index is 768. The number of aliphatic hydroxyl groups excluding tert-OH is 1. The summed E-state index contributed by atoms with van der Waals surface area (Å²) in [5.41, 5.74) is 3.12. The number of nitrogens with zero attached hydrogens (tertiary/aromatic N) is 1. The van der Waals surface area contributed by atoms with Crippen molar-refractivity contribution in [2.45, 2.75) is 50.2 Å². The largest absolute Gasteiger partial charge is 0.392 e. The second-order valence-electron chi connectivity index (χ2n) is 6.46. The monoisotopic (exact) mass is 374 g/mol. The average molecular weight is 374 g/mol. The number of oxime groups is 1. The van der Waals surface area contributed by atoms with Crippen LogP contribution in [0.1, 0.15) is 37.8 Å². The molecule has 140 valence electrons. The molecule has 2 rings (SSSR count). The van der Waals surface area contributed by atoms with Crippen molar-refractivity contribution in [3.63, 3.8) is 0 Å². The number of aliphatic hydroxyl groups is 1. The quantitative estimate of drug-likeness (QED) is 0.491. The van der Waals surface area contributed by atoms with Crippen LogP contribution in [0.3, 0.4) is 0 Å². The summed E-state index contributed by atoms with van der Waals surface area (Å²) in [5.74, 6) is -0.412. The maximum Gasteiger partial charge on any atom is 0.156 e. The van der Waals surface area contributed by atoms with Crippen molar-refractivity contribution < 1.29 is 28.0 Å². The SMILES string of the molecule is CCc1ccc(C2=NO[C@@H](C[C@](C)(C(O)NO)S(C)(=O)=O)C2)c(F)c1. The second kappa shape index (κ2) is 7.36. The highest BCUT2D eigenvalue weighted by Crippen LogP contribution is 2.31. The molecule has 3 atom stereocenters. The van der Waals surface area contributed by atoms with E-state index < -0.39 is 32.7 Å². The van der Waals surface area contributed by atoms with E-state index in [9.17, 15) is 17.9 Å². The molecular formula is C16H23FN2O5S. The highest BCUT2D eigenvalue weighted by molar-refractivity contribution is 7.92. The molecule has 0 saturated heterocycles. The molecule has 9 heteroatoms. The van der Waals surface area contributed by atoms with Crippen molar-refractivity contribution in [2.75, 3.05) is 6.26 Å². The van der Waals surface area contributed by atoms with E-state index in [1.165, 1.54) is 13.0 Å². The number of sulfone groups is 1. The molecule has 0 saturated carbocycles. The molecule has 0 fully saturated rings. The Morgan fingerprint density at radius 3 is 2.72 bits per heavy atom. The van der Waals surface area contributed by atoms with Crippen molar-refractivity contribution in [3.05, 3.63) is 35.1 Å². The molecule has 1 aromatic rings. The molecule has 1 aliphatic heterocycles. The van der Waals surface area contributed by atoms with Crippen LogP contribution in [0.4, 0.5) is 4.39 Å². The van der Waals surface area contributed by atoms with Crippen LogP contribution < -0.4 is 5.48 Å². The zero-order chi connectivity index (χ0) is 18.8. The zero-order valence-electron chi connectivity index (χ0n) is 14.4. The van der Waals surface area contributed by atoms with E-state index in [1.54, 1.807) is 17.6 Å². The molecule has 1 aliphatic rings. The van der Waals surface area contributed by atoms with Gasteiger partial charge in [-0.25, -0.2) is 12.8 Å². The number of nitrogens with one attached hydrogen (secondary N) is 1. The molecule has 1 aromatic carbocycles. The number of halogens is 1. The number of aryl methyl sites for hydroxylation is 1. The van der Waals surface area contributed by atoms with Crippen molar-refractivity contribution in [2.24, 2.45) is 5.16 Å². The van der Waals surface area contributed by atoms with Gasteiger partial charge in [0.15, 0.2) is 9.84 Å². The van der Waals surface area contributed by atoms with E-state index in [0.29, 0.717) is 17.7 Å². The van der Waals surface area contributed by atoms with Crippen LogP contribution >= 0.6 is 0 Å². The second-order valence-corrected chi connectivity index (χ2v) is 8.93. The summed E-state index contributed by atoms with van der Waals surface area (Å²) in [6.45, 7) is 3.22. The third-order valence-electron chi connectivity index (χ3n) is 4.67. The summed E-state index contributed by atoms with van der Waals surface area (Å²) >= 11 is 0. The van der Waals surface area contributed by atoms with Crippen molar-refractivity contribution in [3.8, 4) is 0 Å². The van der Waals surface area contributed by atoms with E-state index in [0.717, 1.165) is 11.8 Å². The first-order valence-corrected chi connectivity index (χ1v) is 9.80. The van der Waals surface area contributed by atoms with Crippen molar-refractivity contribution in [1.82, 2.24) is 5.48 Å². The van der Waals surface area contributed by atoms with Crippen LogP contribution in [-0.2, 0) is 21.1 Å². The lowest BCUT2D eigenvalue weighted by molar-refractivity contribution is -0.0355. The van der Waals surface area contributed by atoms with E-state index in [4.69, 9.17) is 10.0 Å². The van der Waals surface area contributed by atoms with Gasteiger partial charge in [-0.3, -0.25) is 0 Å². The lowest BCUT2D eigenvalue weighted by Gasteiger charge is -2.32. The van der Waals surface area contributed by atoms with Crippen LogP contribution in [0.2, 0.25) is 0 Å². The number of hydrogen-bond donors (Lipinski definition) is 3. The molecule has 25 heavy (non-hydrogen) atoms. The van der Waals surface area contributed by atoms with Gasteiger partial charge in [-0.2, -0.15) is 5.48 Å². The molecule has 0 amide bonds.